The number of nitrogens with one attached hydrogen (secondary N) is 1. The van der Waals surface area contributed by atoms with Crippen LogP contribution < -0.4 is 14.8 Å². The van der Waals surface area contributed by atoms with E-state index in [1.54, 1.807) is 25.1 Å². The van der Waals surface area contributed by atoms with Gasteiger partial charge in [0.1, 0.15) is 11.5 Å². The lowest BCUT2D eigenvalue weighted by atomic mass is 10.1. The molecule has 0 bridgehead atoms. The minimum atomic E-state index is -0.597. The van der Waals surface area contributed by atoms with E-state index in [0.717, 1.165) is 12.8 Å². The number of benzene rings is 1. The van der Waals surface area contributed by atoms with E-state index in [0.29, 0.717) is 17.1 Å². The van der Waals surface area contributed by atoms with Crippen LogP contribution in [0, 0.1) is 0 Å². The summed E-state index contributed by atoms with van der Waals surface area (Å²) >= 11 is 0. The molecule has 0 aliphatic carbocycles. The zero-order valence-electron chi connectivity index (χ0n) is 12.6. The molecule has 1 N–H and O–H groups in total. The largest absolute Gasteiger partial charge is 0.485 e. The molecule has 0 fully saturated rings. The number of ketones is 1. The number of carbonyl (C=O) groups excluding carboxylic acids is 2. The van der Waals surface area contributed by atoms with Gasteiger partial charge in [-0.25, -0.2) is 0 Å². The van der Waals surface area contributed by atoms with Crippen LogP contribution in [-0.2, 0) is 4.79 Å². The summed E-state index contributed by atoms with van der Waals surface area (Å²) in [6, 6.07) is 5.18. The van der Waals surface area contributed by atoms with Gasteiger partial charge in [-0.05, 0) is 31.9 Å². The predicted molar refractivity (Wildman–Crippen MR) is 78.9 cm³/mol. The van der Waals surface area contributed by atoms with Crippen molar-refractivity contribution in [2.75, 3.05) is 6.61 Å². The van der Waals surface area contributed by atoms with Crippen molar-refractivity contribution in [3.63, 3.8) is 0 Å². The summed E-state index contributed by atoms with van der Waals surface area (Å²) in [5.74, 6) is 0.873. The van der Waals surface area contributed by atoms with Crippen LogP contribution in [0.25, 0.3) is 0 Å². The number of fused-ring (bicyclic) bond motifs is 1. The van der Waals surface area contributed by atoms with Crippen molar-refractivity contribution in [3.8, 4) is 11.5 Å². The van der Waals surface area contributed by atoms with E-state index in [1.807, 2.05) is 13.8 Å². The van der Waals surface area contributed by atoms with E-state index in [4.69, 9.17) is 9.47 Å². The molecule has 2 rings (SSSR count). The molecule has 1 unspecified atom stereocenters. The zero-order chi connectivity index (χ0) is 15.4. The van der Waals surface area contributed by atoms with E-state index < -0.39 is 6.10 Å². The van der Waals surface area contributed by atoms with Gasteiger partial charge in [0.25, 0.3) is 5.91 Å². The van der Waals surface area contributed by atoms with Crippen LogP contribution in [0.3, 0.4) is 0 Å². The van der Waals surface area contributed by atoms with Gasteiger partial charge in [0, 0.05) is 12.1 Å². The lowest BCUT2D eigenvalue weighted by Gasteiger charge is -2.19. The van der Waals surface area contributed by atoms with Crippen molar-refractivity contribution in [2.24, 2.45) is 0 Å². The molecule has 1 aliphatic rings. The Morgan fingerprint density at radius 2 is 2.10 bits per heavy atom. The maximum absolute atomic E-state index is 12.0. The molecule has 0 spiro atoms. The van der Waals surface area contributed by atoms with Gasteiger partial charge in [-0.3, -0.25) is 9.59 Å². The third kappa shape index (κ3) is 3.54. The van der Waals surface area contributed by atoms with Crippen LogP contribution in [0.15, 0.2) is 18.2 Å². The summed E-state index contributed by atoms with van der Waals surface area (Å²) in [5, 5.41) is 2.95. The molecule has 114 valence electrons. The summed E-state index contributed by atoms with van der Waals surface area (Å²) < 4.78 is 10.9. The molecule has 1 amide bonds. The second kappa shape index (κ2) is 6.61. The van der Waals surface area contributed by atoms with Crippen LogP contribution in [0.1, 0.15) is 44.0 Å². The average molecular weight is 291 g/mol. The Kier molecular flexibility index (Phi) is 4.83. The van der Waals surface area contributed by atoms with Gasteiger partial charge < -0.3 is 14.8 Å². The van der Waals surface area contributed by atoms with Gasteiger partial charge in [0.05, 0.1) is 5.56 Å². The molecular weight excluding hydrogens is 270 g/mol. The van der Waals surface area contributed by atoms with Gasteiger partial charge in [-0.15, -0.1) is 0 Å². The van der Waals surface area contributed by atoms with Gasteiger partial charge >= 0.3 is 0 Å². The molecule has 1 aromatic rings. The normalized spacial score (nSPS) is 14.6. The molecule has 0 saturated carbocycles. The second-order valence-corrected chi connectivity index (χ2v) is 5.15. The fourth-order valence-corrected chi connectivity index (χ4v) is 2.22. The number of hydrogen-bond donors (Lipinski definition) is 1. The van der Waals surface area contributed by atoms with Gasteiger partial charge in [-0.2, -0.15) is 0 Å². The summed E-state index contributed by atoms with van der Waals surface area (Å²) in [4.78, 5) is 23.5. The molecule has 0 aromatic heterocycles. The van der Waals surface area contributed by atoms with E-state index in [1.165, 1.54) is 0 Å². The quantitative estimate of drug-likeness (QED) is 0.873. The Morgan fingerprint density at radius 1 is 1.38 bits per heavy atom. The van der Waals surface area contributed by atoms with Crippen LogP contribution in [0.5, 0.6) is 11.5 Å². The summed E-state index contributed by atoms with van der Waals surface area (Å²) in [6.07, 6.45) is 1.19. The van der Waals surface area contributed by atoms with E-state index in [2.05, 4.69) is 5.32 Å². The molecule has 1 atom stereocenters. The average Bonchev–Trinajstić information content (AvgIpc) is 2.85. The number of ether oxygens (including phenoxy) is 2. The summed E-state index contributed by atoms with van der Waals surface area (Å²) in [5.41, 5.74) is 0.566. The SMILES string of the molecule is CCC(CC)NC(=O)C(C)Oc1ccc2c(c1)OCC2=O. The summed E-state index contributed by atoms with van der Waals surface area (Å²) in [6.45, 7) is 5.85. The highest BCUT2D eigenvalue weighted by molar-refractivity contribution is 6.02. The Hall–Kier alpha value is -2.04. The van der Waals surface area contributed by atoms with Crippen LogP contribution in [0.4, 0.5) is 0 Å². The lowest BCUT2D eigenvalue weighted by molar-refractivity contribution is -0.128. The Labute approximate surface area is 124 Å². The molecule has 5 heteroatoms. The van der Waals surface area contributed by atoms with Gasteiger partial charge in [0.15, 0.2) is 12.7 Å². The van der Waals surface area contributed by atoms with E-state index >= 15 is 0 Å². The number of rotatable bonds is 6. The molecule has 21 heavy (non-hydrogen) atoms. The Balaban J connectivity index is 1.98. The van der Waals surface area contributed by atoms with Crippen molar-refractivity contribution in [3.05, 3.63) is 23.8 Å². The van der Waals surface area contributed by atoms with Crippen molar-refractivity contribution >= 4 is 11.7 Å². The predicted octanol–water partition coefficient (Wildman–Crippen LogP) is 2.33. The van der Waals surface area contributed by atoms with E-state index in [9.17, 15) is 9.59 Å². The van der Waals surface area contributed by atoms with Gasteiger partial charge in [-0.1, -0.05) is 13.8 Å². The first-order valence-electron chi connectivity index (χ1n) is 7.32. The van der Waals surface area contributed by atoms with Crippen molar-refractivity contribution in [1.29, 1.82) is 0 Å². The molecular formula is C16H21NO4. The summed E-state index contributed by atoms with van der Waals surface area (Å²) in [7, 11) is 0. The molecule has 0 radical (unpaired) electrons. The topological polar surface area (TPSA) is 64.6 Å². The number of carbonyl (C=O) groups is 2. The van der Waals surface area contributed by atoms with Crippen LogP contribution in [0.2, 0.25) is 0 Å². The molecule has 5 nitrogen and oxygen atoms in total. The Morgan fingerprint density at radius 3 is 2.76 bits per heavy atom. The minimum absolute atomic E-state index is 0.0314. The highest BCUT2D eigenvalue weighted by Gasteiger charge is 2.23. The van der Waals surface area contributed by atoms with Crippen molar-refractivity contribution < 1.29 is 19.1 Å². The molecule has 1 heterocycles. The standard InChI is InChI=1S/C16H21NO4/c1-4-11(5-2)17-16(19)10(3)21-12-6-7-13-14(18)9-20-15(13)8-12/h6-8,10-11H,4-5,9H2,1-3H3,(H,17,19). The number of hydrogen-bond acceptors (Lipinski definition) is 4. The smallest absolute Gasteiger partial charge is 0.260 e. The number of Topliss-reactive ketones (excluding diaryl/α,β-unsaturated/α-hetero) is 1. The second-order valence-electron chi connectivity index (χ2n) is 5.15. The maximum Gasteiger partial charge on any atom is 0.260 e. The molecule has 1 aromatic carbocycles. The highest BCUT2D eigenvalue weighted by Crippen LogP contribution is 2.29. The van der Waals surface area contributed by atoms with Crippen molar-refractivity contribution in [2.45, 2.75) is 45.8 Å². The monoisotopic (exact) mass is 291 g/mol. The fraction of sp³-hybridized carbons (Fsp3) is 0.500. The van der Waals surface area contributed by atoms with Gasteiger partial charge in [0.2, 0.25) is 5.78 Å². The Bertz CT molecular complexity index is 537. The lowest BCUT2D eigenvalue weighted by Crippen LogP contribution is -2.42. The molecule has 0 saturated heterocycles. The third-order valence-electron chi connectivity index (χ3n) is 3.63. The first-order chi connectivity index (χ1) is 10.0. The highest BCUT2D eigenvalue weighted by atomic mass is 16.5. The van der Waals surface area contributed by atoms with Crippen molar-refractivity contribution in [1.82, 2.24) is 5.32 Å². The van der Waals surface area contributed by atoms with E-state index in [-0.39, 0.29) is 24.3 Å². The first kappa shape index (κ1) is 15.4. The van der Waals surface area contributed by atoms with Crippen LogP contribution >= 0.6 is 0 Å². The third-order valence-corrected chi connectivity index (χ3v) is 3.63. The minimum Gasteiger partial charge on any atom is -0.485 e. The maximum atomic E-state index is 12.0. The van der Waals surface area contributed by atoms with Crippen LogP contribution in [-0.4, -0.2) is 30.4 Å². The first-order valence-corrected chi connectivity index (χ1v) is 7.32. The number of amides is 1. The fourth-order valence-electron chi connectivity index (χ4n) is 2.22. The molecule has 1 aliphatic heterocycles. The zero-order valence-corrected chi connectivity index (χ0v) is 12.6.